The first-order valence-corrected chi connectivity index (χ1v) is 8.76. The molecule has 134 valence electrons. The summed E-state index contributed by atoms with van der Waals surface area (Å²) in [6.07, 6.45) is 1.20. The van der Waals surface area contributed by atoms with E-state index in [0.717, 1.165) is 16.8 Å². The van der Waals surface area contributed by atoms with E-state index in [2.05, 4.69) is 0 Å². The Morgan fingerprint density at radius 3 is 2.40 bits per heavy atom. The summed E-state index contributed by atoms with van der Waals surface area (Å²) in [7, 11) is 0. The van der Waals surface area contributed by atoms with Crippen molar-refractivity contribution >= 4 is 23.5 Å². The molecule has 1 atom stereocenters. The highest BCUT2D eigenvalue weighted by Crippen LogP contribution is 2.30. The molecule has 2 saturated heterocycles. The highest BCUT2D eigenvalue weighted by Gasteiger charge is 2.38. The van der Waals surface area contributed by atoms with Crippen LogP contribution in [0.5, 0.6) is 0 Å². The lowest BCUT2D eigenvalue weighted by atomic mass is 9.95. The zero-order valence-corrected chi connectivity index (χ0v) is 14.7. The van der Waals surface area contributed by atoms with Crippen molar-refractivity contribution in [2.75, 3.05) is 24.5 Å². The lowest BCUT2D eigenvalue weighted by Crippen LogP contribution is -2.43. The largest absolute Gasteiger partial charge is 0.481 e. The number of carboxylic acids is 1. The Morgan fingerprint density at radius 2 is 1.80 bits per heavy atom. The van der Waals surface area contributed by atoms with Gasteiger partial charge in [0, 0.05) is 31.7 Å². The summed E-state index contributed by atoms with van der Waals surface area (Å²) < 4.78 is 0. The lowest BCUT2D eigenvalue weighted by Gasteiger charge is -2.31. The van der Waals surface area contributed by atoms with Crippen molar-refractivity contribution in [2.24, 2.45) is 11.8 Å². The SMILES string of the molecule is Cc1ccc(N2C[C@H](C(=O)N3CCC(C(=O)O)CC3)CC2=O)c(C)c1. The molecule has 6 heteroatoms. The van der Waals surface area contributed by atoms with Crippen LogP contribution in [0.1, 0.15) is 30.4 Å². The Morgan fingerprint density at radius 1 is 1.12 bits per heavy atom. The second kappa shape index (κ2) is 6.86. The van der Waals surface area contributed by atoms with Gasteiger partial charge in [-0.25, -0.2) is 0 Å². The molecule has 0 unspecified atom stereocenters. The van der Waals surface area contributed by atoms with Crippen molar-refractivity contribution in [2.45, 2.75) is 33.1 Å². The molecule has 6 nitrogen and oxygen atoms in total. The Hall–Kier alpha value is -2.37. The Kier molecular flexibility index (Phi) is 4.79. The predicted octanol–water partition coefficient (Wildman–Crippen LogP) is 1.98. The molecule has 0 bridgehead atoms. The number of amides is 2. The van der Waals surface area contributed by atoms with Crippen molar-refractivity contribution in [3.05, 3.63) is 29.3 Å². The minimum Gasteiger partial charge on any atom is -0.481 e. The lowest BCUT2D eigenvalue weighted by molar-refractivity contribution is -0.146. The maximum absolute atomic E-state index is 12.7. The van der Waals surface area contributed by atoms with Crippen molar-refractivity contribution < 1.29 is 19.5 Å². The molecule has 0 aliphatic carbocycles. The van der Waals surface area contributed by atoms with E-state index >= 15 is 0 Å². The van der Waals surface area contributed by atoms with Gasteiger partial charge in [-0.15, -0.1) is 0 Å². The van der Waals surface area contributed by atoms with Gasteiger partial charge in [0.2, 0.25) is 11.8 Å². The summed E-state index contributed by atoms with van der Waals surface area (Å²) >= 11 is 0. The number of hydrogen-bond donors (Lipinski definition) is 1. The van der Waals surface area contributed by atoms with Gasteiger partial charge in [0.1, 0.15) is 0 Å². The minimum atomic E-state index is -0.788. The highest BCUT2D eigenvalue weighted by atomic mass is 16.4. The molecule has 0 saturated carbocycles. The predicted molar refractivity (Wildman–Crippen MR) is 93.3 cm³/mol. The van der Waals surface area contributed by atoms with Crippen molar-refractivity contribution in [3.8, 4) is 0 Å². The van der Waals surface area contributed by atoms with E-state index in [9.17, 15) is 14.4 Å². The fourth-order valence-corrected chi connectivity index (χ4v) is 3.82. The van der Waals surface area contributed by atoms with Crippen LogP contribution in [0.2, 0.25) is 0 Å². The van der Waals surface area contributed by atoms with Gasteiger partial charge in [0.15, 0.2) is 0 Å². The quantitative estimate of drug-likeness (QED) is 0.909. The molecule has 25 heavy (non-hydrogen) atoms. The van der Waals surface area contributed by atoms with Gasteiger partial charge >= 0.3 is 5.97 Å². The number of piperidine rings is 1. The molecule has 0 spiro atoms. The van der Waals surface area contributed by atoms with Crippen LogP contribution in [0.4, 0.5) is 5.69 Å². The Bertz CT molecular complexity index is 707. The van der Waals surface area contributed by atoms with Gasteiger partial charge in [-0.2, -0.15) is 0 Å². The van der Waals surface area contributed by atoms with Crippen molar-refractivity contribution in [3.63, 3.8) is 0 Å². The van der Waals surface area contributed by atoms with E-state index in [1.54, 1.807) is 9.80 Å². The molecular formula is C19H24N2O4. The molecule has 1 N–H and O–H groups in total. The topological polar surface area (TPSA) is 77.9 Å². The highest BCUT2D eigenvalue weighted by molar-refractivity contribution is 6.00. The van der Waals surface area contributed by atoms with Crippen molar-refractivity contribution in [1.29, 1.82) is 0 Å². The zero-order valence-electron chi connectivity index (χ0n) is 14.7. The first kappa shape index (κ1) is 17.5. The molecule has 3 rings (SSSR count). The van der Waals surface area contributed by atoms with Gasteiger partial charge in [-0.05, 0) is 38.3 Å². The summed E-state index contributed by atoms with van der Waals surface area (Å²) in [4.78, 5) is 39.6. The number of nitrogens with zero attached hydrogens (tertiary/aromatic N) is 2. The second-order valence-electron chi connectivity index (χ2n) is 7.13. The molecule has 0 radical (unpaired) electrons. The Labute approximate surface area is 147 Å². The molecule has 2 fully saturated rings. The number of benzene rings is 1. The minimum absolute atomic E-state index is 0.0225. The molecule has 2 aliphatic heterocycles. The number of aryl methyl sites for hydroxylation is 2. The standard InChI is InChI=1S/C19H24N2O4/c1-12-3-4-16(13(2)9-12)21-11-15(10-17(21)22)18(23)20-7-5-14(6-8-20)19(24)25/h3-4,9,14-15H,5-8,10-11H2,1-2H3,(H,24,25)/t15-/m1/s1. The normalized spacial score (nSPS) is 21.7. The van der Waals surface area contributed by atoms with E-state index in [0.29, 0.717) is 32.5 Å². The van der Waals surface area contributed by atoms with E-state index in [4.69, 9.17) is 5.11 Å². The fourth-order valence-electron chi connectivity index (χ4n) is 3.82. The summed E-state index contributed by atoms with van der Waals surface area (Å²) in [5.41, 5.74) is 3.04. The van der Waals surface area contributed by atoms with Crippen LogP contribution in [0, 0.1) is 25.7 Å². The number of hydrogen-bond acceptors (Lipinski definition) is 3. The number of anilines is 1. The molecule has 2 aliphatic rings. The van der Waals surface area contributed by atoms with Gasteiger partial charge in [-0.1, -0.05) is 17.7 Å². The Balaban J connectivity index is 1.66. The van der Waals surface area contributed by atoms with Crippen LogP contribution >= 0.6 is 0 Å². The third-order valence-corrected chi connectivity index (χ3v) is 5.27. The van der Waals surface area contributed by atoms with Crippen LogP contribution in [-0.4, -0.2) is 47.4 Å². The summed E-state index contributed by atoms with van der Waals surface area (Å²) in [6.45, 7) is 5.31. The first-order chi connectivity index (χ1) is 11.9. The van der Waals surface area contributed by atoms with E-state index in [-0.39, 0.29) is 30.1 Å². The number of likely N-dealkylation sites (tertiary alicyclic amines) is 1. The van der Waals surface area contributed by atoms with Crippen LogP contribution in [0.25, 0.3) is 0 Å². The van der Waals surface area contributed by atoms with E-state index < -0.39 is 5.97 Å². The molecule has 2 heterocycles. The molecular weight excluding hydrogens is 320 g/mol. The smallest absolute Gasteiger partial charge is 0.306 e. The van der Waals surface area contributed by atoms with Gasteiger partial charge in [0.05, 0.1) is 11.8 Å². The van der Waals surface area contributed by atoms with Gasteiger partial charge in [0.25, 0.3) is 0 Å². The van der Waals surface area contributed by atoms with Crippen LogP contribution in [0.15, 0.2) is 18.2 Å². The summed E-state index contributed by atoms with van der Waals surface area (Å²) in [6, 6.07) is 5.95. The number of aliphatic carboxylic acids is 1. The maximum atomic E-state index is 12.7. The van der Waals surface area contributed by atoms with Crippen LogP contribution in [0.3, 0.4) is 0 Å². The van der Waals surface area contributed by atoms with Crippen LogP contribution < -0.4 is 4.90 Å². The molecule has 1 aromatic rings. The molecule has 1 aromatic carbocycles. The third kappa shape index (κ3) is 3.52. The number of rotatable bonds is 3. The average Bonchev–Trinajstić information content (AvgIpc) is 2.96. The average molecular weight is 344 g/mol. The maximum Gasteiger partial charge on any atom is 0.306 e. The van der Waals surface area contributed by atoms with E-state index in [1.165, 1.54) is 0 Å². The van der Waals surface area contributed by atoms with Crippen molar-refractivity contribution in [1.82, 2.24) is 4.90 Å². The molecule has 2 amide bonds. The second-order valence-corrected chi connectivity index (χ2v) is 7.13. The van der Waals surface area contributed by atoms with Gasteiger partial charge < -0.3 is 14.9 Å². The third-order valence-electron chi connectivity index (χ3n) is 5.27. The van der Waals surface area contributed by atoms with Gasteiger partial charge in [-0.3, -0.25) is 14.4 Å². The summed E-state index contributed by atoms with van der Waals surface area (Å²) in [5.74, 6) is -1.53. The first-order valence-electron chi connectivity index (χ1n) is 8.76. The zero-order chi connectivity index (χ0) is 18.1. The number of carbonyl (C=O) groups is 3. The number of carboxylic acid groups (broad SMARTS) is 1. The summed E-state index contributed by atoms with van der Waals surface area (Å²) in [5, 5.41) is 9.06. The van der Waals surface area contributed by atoms with E-state index in [1.807, 2.05) is 32.0 Å². The number of carbonyl (C=O) groups excluding carboxylic acids is 2. The fraction of sp³-hybridized carbons (Fsp3) is 0.526. The van der Waals surface area contributed by atoms with Crippen LogP contribution in [-0.2, 0) is 14.4 Å². The molecule has 0 aromatic heterocycles. The monoisotopic (exact) mass is 344 g/mol.